The third-order valence-electron chi connectivity index (χ3n) is 3.53. The van der Waals surface area contributed by atoms with Gasteiger partial charge in [-0.05, 0) is 36.6 Å². The van der Waals surface area contributed by atoms with Gasteiger partial charge in [-0.3, -0.25) is 9.59 Å². The number of rotatable bonds is 3. The van der Waals surface area contributed by atoms with Crippen molar-refractivity contribution in [3.05, 3.63) is 56.8 Å². The van der Waals surface area contributed by atoms with E-state index in [1.165, 1.54) is 16.2 Å². The van der Waals surface area contributed by atoms with Crippen LogP contribution in [-0.2, 0) is 12.8 Å². The molecule has 3 rings (SSSR count). The van der Waals surface area contributed by atoms with Crippen molar-refractivity contribution in [1.82, 2.24) is 5.32 Å². The van der Waals surface area contributed by atoms with E-state index in [9.17, 15) is 9.59 Å². The van der Waals surface area contributed by atoms with Crippen molar-refractivity contribution in [3.63, 3.8) is 0 Å². The highest BCUT2D eigenvalue weighted by molar-refractivity contribution is 7.14. The van der Waals surface area contributed by atoms with Crippen molar-refractivity contribution >= 4 is 23.0 Å². The molecule has 1 N–H and O–H groups in total. The molecule has 1 aromatic carbocycles. The van der Waals surface area contributed by atoms with Crippen LogP contribution in [0.1, 0.15) is 43.0 Å². The van der Waals surface area contributed by atoms with E-state index in [-0.39, 0.29) is 11.7 Å². The first-order chi connectivity index (χ1) is 9.69. The van der Waals surface area contributed by atoms with Crippen molar-refractivity contribution in [2.24, 2.45) is 0 Å². The Kier molecular flexibility index (Phi) is 3.40. The fourth-order valence-electron chi connectivity index (χ4n) is 2.39. The van der Waals surface area contributed by atoms with E-state index in [1.54, 1.807) is 6.07 Å². The fraction of sp³-hybridized carbons (Fsp3) is 0.250. The standard InChI is InChI=1S/C16H15NO2S/c1-2-12-5-6-14(20-12)15(18)11-4-3-10-7-8-17-16(19)13(10)9-11/h3-6,9H,2,7-8H2,1H3,(H,17,19). The quantitative estimate of drug-likeness (QED) is 0.881. The number of hydrogen-bond donors (Lipinski definition) is 1. The maximum atomic E-state index is 12.4. The zero-order valence-corrected chi connectivity index (χ0v) is 12.0. The van der Waals surface area contributed by atoms with E-state index in [0.29, 0.717) is 17.7 Å². The Bertz CT molecular complexity index is 688. The van der Waals surface area contributed by atoms with Crippen LogP contribution in [0.2, 0.25) is 0 Å². The van der Waals surface area contributed by atoms with Gasteiger partial charge in [-0.15, -0.1) is 11.3 Å². The zero-order chi connectivity index (χ0) is 14.1. The maximum absolute atomic E-state index is 12.4. The van der Waals surface area contributed by atoms with Gasteiger partial charge in [0, 0.05) is 22.5 Å². The molecule has 2 aromatic rings. The Morgan fingerprint density at radius 3 is 2.90 bits per heavy atom. The molecule has 1 aliphatic rings. The molecule has 0 fully saturated rings. The zero-order valence-electron chi connectivity index (χ0n) is 11.2. The molecule has 0 bridgehead atoms. The van der Waals surface area contributed by atoms with Crippen LogP contribution in [0.3, 0.4) is 0 Å². The van der Waals surface area contributed by atoms with Crippen molar-refractivity contribution in [1.29, 1.82) is 0 Å². The molecule has 102 valence electrons. The second-order valence-corrected chi connectivity index (χ2v) is 5.99. The summed E-state index contributed by atoms with van der Waals surface area (Å²) in [6.07, 6.45) is 1.76. The number of amides is 1. The molecule has 0 unspecified atom stereocenters. The lowest BCUT2D eigenvalue weighted by Crippen LogP contribution is -2.32. The van der Waals surface area contributed by atoms with Gasteiger partial charge < -0.3 is 5.32 Å². The second kappa shape index (κ2) is 5.21. The van der Waals surface area contributed by atoms with Crippen LogP contribution in [0.4, 0.5) is 0 Å². The lowest BCUT2D eigenvalue weighted by Gasteiger charge is -2.16. The highest BCUT2D eigenvalue weighted by atomic mass is 32.1. The summed E-state index contributed by atoms with van der Waals surface area (Å²) in [4.78, 5) is 26.2. The van der Waals surface area contributed by atoms with Crippen LogP contribution in [0.15, 0.2) is 30.3 Å². The minimum absolute atomic E-state index is 0.00382. The Balaban J connectivity index is 1.96. The maximum Gasteiger partial charge on any atom is 0.251 e. The molecule has 0 saturated carbocycles. The number of carbonyl (C=O) groups excluding carboxylic acids is 2. The first-order valence-electron chi connectivity index (χ1n) is 6.73. The summed E-state index contributed by atoms with van der Waals surface area (Å²) in [7, 11) is 0. The summed E-state index contributed by atoms with van der Waals surface area (Å²) in [6, 6.07) is 9.30. The summed E-state index contributed by atoms with van der Waals surface area (Å²) in [5.74, 6) is -0.0859. The van der Waals surface area contributed by atoms with E-state index in [4.69, 9.17) is 0 Å². The van der Waals surface area contributed by atoms with Crippen molar-refractivity contribution in [2.75, 3.05) is 6.54 Å². The molecule has 4 heteroatoms. The second-order valence-electron chi connectivity index (χ2n) is 4.83. The smallest absolute Gasteiger partial charge is 0.251 e. The van der Waals surface area contributed by atoms with Crippen molar-refractivity contribution < 1.29 is 9.59 Å². The SMILES string of the molecule is CCc1ccc(C(=O)c2ccc3c(c2)C(=O)NCC3)s1. The molecule has 3 nitrogen and oxygen atoms in total. The van der Waals surface area contributed by atoms with Gasteiger partial charge in [-0.1, -0.05) is 19.1 Å². The normalized spacial score (nSPS) is 13.8. The lowest BCUT2D eigenvalue weighted by atomic mass is 9.96. The van der Waals surface area contributed by atoms with Crippen LogP contribution in [0.25, 0.3) is 0 Å². The summed E-state index contributed by atoms with van der Waals surface area (Å²) >= 11 is 1.52. The number of aryl methyl sites for hydroxylation is 1. The molecule has 1 aliphatic heterocycles. The van der Waals surface area contributed by atoms with E-state index in [2.05, 4.69) is 12.2 Å². The third kappa shape index (κ3) is 2.27. The molecule has 0 spiro atoms. The Labute approximate surface area is 121 Å². The van der Waals surface area contributed by atoms with Gasteiger partial charge in [0.2, 0.25) is 5.78 Å². The molecule has 2 heterocycles. The fourth-order valence-corrected chi connectivity index (χ4v) is 3.29. The molecular formula is C16H15NO2S. The average Bonchev–Trinajstić information content (AvgIpc) is 2.95. The van der Waals surface area contributed by atoms with Crippen LogP contribution >= 0.6 is 11.3 Å². The number of benzene rings is 1. The number of thiophene rings is 1. The largest absolute Gasteiger partial charge is 0.352 e. The van der Waals surface area contributed by atoms with Crippen LogP contribution < -0.4 is 5.32 Å². The molecule has 0 saturated heterocycles. The Hall–Kier alpha value is -1.94. The molecule has 20 heavy (non-hydrogen) atoms. The first kappa shape index (κ1) is 13.1. The third-order valence-corrected chi connectivity index (χ3v) is 4.76. The molecule has 0 aliphatic carbocycles. The minimum Gasteiger partial charge on any atom is -0.352 e. The summed E-state index contributed by atoms with van der Waals surface area (Å²) in [6.45, 7) is 2.74. The van der Waals surface area contributed by atoms with Crippen molar-refractivity contribution in [2.45, 2.75) is 19.8 Å². The molecule has 1 aromatic heterocycles. The van der Waals surface area contributed by atoms with E-state index >= 15 is 0 Å². The van der Waals surface area contributed by atoms with Crippen LogP contribution in [-0.4, -0.2) is 18.2 Å². The number of ketones is 1. The first-order valence-corrected chi connectivity index (χ1v) is 7.55. The van der Waals surface area contributed by atoms with Gasteiger partial charge in [-0.2, -0.15) is 0 Å². The molecular weight excluding hydrogens is 270 g/mol. The number of nitrogens with one attached hydrogen (secondary N) is 1. The highest BCUT2D eigenvalue weighted by Gasteiger charge is 2.19. The summed E-state index contributed by atoms with van der Waals surface area (Å²) < 4.78 is 0. The van der Waals surface area contributed by atoms with Gasteiger partial charge in [0.15, 0.2) is 0 Å². The molecule has 0 radical (unpaired) electrons. The number of fused-ring (bicyclic) bond motifs is 1. The highest BCUT2D eigenvalue weighted by Crippen LogP contribution is 2.23. The predicted molar refractivity (Wildman–Crippen MR) is 79.6 cm³/mol. The van der Waals surface area contributed by atoms with Gasteiger partial charge in [0.25, 0.3) is 5.91 Å². The molecule has 1 amide bonds. The average molecular weight is 285 g/mol. The predicted octanol–water partition coefficient (Wildman–Crippen LogP) is 2.83. The molecule has 0 atom stereocenters. The monoisotopic (exact) mass is 285 g/mol. The van der Waals surface area contributed by atoms with Gasteiger partial charge in [0.1, 0.15) is 0 Å². The lowest BCUT2D eigenvalue weighted by molar-refractivity contribution is 0.0946. The van der Waals surface area contributed by atoms with Gasteiger partial charge in [0.05, 0.1) is 4.88 Å². The van der Waals surface area contributed by atoms with E-state index < -0.39 is 0 Å². The summed E-state index contributed by atoms with van der Waals surface area (Å²) in [5, 5.41) is 2.81. The topological polar surface area (TPSA) is 46.2 Å². The van der Waals surface area contributed by atoms with Gasteiger partial charge >= 0.3 is 0 Å². The number of carbonyl (C=O) groups is 2. The Morgan fingerprint density at radius 2 is 2.15 bits per heavy atom. The van der Waals surface area contributed by atoms with E-state index in [0.717, 1.165) is 23.3 Å². The minimum atomic E-state index is -0.0821. The Morgan fingerprint density at radius 1 is 1.30 bits per heavy atom. The van der Waals surface area contributed by atoms with Crippen LogP contribution in [0, 0.1) is 0 Å². The van der Waals surface area contributed by atoms with E-state index in [1.807, 2.05) is 24.3 Å². The van der Waals surface area contributed by atoms with Gasteiger partial charge in [-0.25, -0.2) is 0 Å². The summed E-state index contributed by atoms with van der Waals surface area (Å²) in [5.41, 5.74) is 2.24. The number of hydrogen-bond acceptors (Lipinski definition) is 3. The van der Waals surface area contributed by atoms with Crippen LogP contribution in [0.5, 0.6) is 0 Å². The van der Waals surface area contributed by atoms with Crippen molar-refractivity contribution in [3.8, 4) is 0 Å².